The Kier molecular flexibility index (Phi) is 2.82. The highest BCUT2D eigenvalue weighted by Crippen LogP contribution is 2.51. The zero-order valence-electron chi connectivity index (χ0n) is 12.1. The molecule has 0 unspecified atom stereocenters. The van der Waals surface area contributed by atoms with Crippen LogP contribution in [0.15, 0.2) is 47.1 Å². The van der Waals surface area contributed by atoms with Crippen molar-refractivity contribution in [2.24, 2.45) is 5.73 Å². The summed E-state index contributed by atoms with van der Waals surface area (Å²) in [5.41, 5.74) is 5.45. The number of allylic oxidation sites excluding steroid dienone is 1. The average molecular weight is 295 g/mol. The molecule has 1 aromatic carbocycles. The fraction of sp³-hybridized carbons (Fsp3) is 0.188. The van der Waals surface area contributed by atoms with Gasteiger partial charge in [0, 0.05) is 11.3 Å². The van der Waals surface area contributed by atoms with Gasteiger partial charge >= 0.3 is 0 Å². The molecule has 1 atom stereocenters. The smallest absolute Gasteiger partial charge is 0.245 e. The number of ketones is 1. The number of nitrogens with zero attached hydrogens (tertiary/aromatic N) is 1. The summed E-state index contributed by atoms with van der Waals surface area (Å²) < 4.78 is 5.33. The highest BCUT2D eigenvalue weighted by atomic mass is 16.5. The molecule has 6 nitrogen and oxygen atoms in total. The van der Waals surface area contributed by atoms with Gasteiger partial charge in [0.15, 0.2) is 5.78 Å². The number of Topliss-reactive ketones (excluding diaryl/α,β-unsaturated/α-hetero) is 1. The van der Waals surface area contributed by atoms with E-state index in [1.54, 1.807) is 31.2 Å². The maximum Gasteiger partial charge on any atom is 0.245 e. The van der Waals surface area contributed by atoms with Crippen LogP contribution in [0.3, 0.4) is 0 Å². The molecule has 0 aliphatic carbocycles. The lowest BCUT2D eigenvalue weighted by atomic mass is 9.67. The zero-order chi connectivity index (χ0) is 16.1. The normalized spacial score (nSPS) is 23.0. The van der Waals surface area contributed by atoms with Gasteiger partial charge in [-0.25, -0.2) is 0 Å². The second-order valence-electron chi connectivity index (χ2n) is 5.19. The number of ether oxygens (including phenoxy) is 1. The Morgan fingerprint density at radius 2 is 2.09 bits per heavy atom. The number of para-hydroxylation sites is 1. The lowest BCUT2D eigenvalue weighted by Crippen LogP contribution is -2.44. The van der Waals surface area contributed by atoms with E-state index in [2.05, 4.69) is 5.32 Å². The molecule has 2 aliphatic rings. The summed E-state index contributed by atoms with van der Waals surface area (Å²) in [5.74, 6) is -0.738. The van der Waals surface area contributed by atoms with Gasteiger partial charge in [0.2, 0.25) is 11.8 Å². The van der Waals surface area contributed by atoms with Crippen molar-refractivity contribution in [3.63, 3.8) is 0 Å². The van der Waals surface area contributed by atoms with Crippen LogP contribution in [-0.2, 0) is 19.7 Å². The van der Waals surface area contributed by atoms with Crippen LogP contribution in [0.5, 0.6) is 0 Å². The Hall–Kier alpha value is -3.07. The third-order valence-electron chi connectivity index (χ3n) is 4.00. The third kappa shape index (κ3) is 1.48. The number of carbonyl (C=O) groups excluding carboxylic acids is 2. The molecule has 0 fully saturated rings. The highest BCUT2D eigenvalue weighted by molar-refractivity contribution is 6.18. The second kappa shape index (κ2) is 4.46. The molecule has 6 heteroatoms. The predicted octanol–water partition coefficient (Wildman–Crippen LogP) is 1.46. The number of rotatable bonds is 1. The molecule has 110 valence electrons. The number of amides is 1. The molecule has 0 bridgehead atoms. The minimum Gasteiger partial charge on any atom is -0.445 e. The van der Waals surface area contributed by atoms with Crippen LogP contribution < -0.4 is 11.1 Å². The van der Waals surface area contributed by atoms with Crippen LogP contribution in [-0.4, -0.2) is 11.7 Å². The molecule has 3 rings (SSSR count). The minimum absolute atomic E-state index is 0.0641. The Morgan fingerprint density at radius 3 is 2.73 bits per heavy atom. The first-order chi connectivity index (χ1) is 10.4. The molecular formula is C16H13N3O3. The van der Waals surface area contributed by atoms with Gasteiger partial charge in [0.25, 0.3) is 0 Å². The Labute approximate surface area is 126 Å². The monoisotopic (exact) mass is 295 g/mol. The number of nitrogens with one attached hydrogen (secondary N) is 1. The number of hydrogen-bond acceptors (Lipinski definition) is 5. The van der Waals surface area contributed by atoms with Gasteiger partial charge in [-0.1, -0.05) is 18.2 Å². The van der Waals surface area contributed by atoms with E-state index in [4.69, 9.17) is 10.5 Å². The van der Waals surface area contributed by atoms with Crippen LogP contribution in [0.25, 0.3) is 0 Å². The van der Waals surface area contributed by atoms with E-state index in [1.807, 2.05) is 6.07 Å². The molecule has 1 aromatic rings. The molecule has 3 N–H and O–H groups in total. The summed E-state index contributed by atoms with van der Waals surface area (Å²) in [6.07, 6.45) is 0. The quantitative estimate of drug-likeness (QED) is 0.816. The van der Waals surface area contributed by atoms with Crippen LogP contribution in [0.1, 0.15) is 19.4 Å². The van der Waals surface area contributed by atoms with E-state index >= 15 is 0 Å². The Morgan fingerprint density at radius 1 is 1.41 bits per heavy atom. The second-order valence-corrected chi connectivity index (χ2v) is 5.19. The Bertz CT molecular complexity index is 829. The molecule has 2 heterocycles. The Balaban J connectivity index is 2.47. The van der Waals surface area contributed by atoms with Crippen molar-refractivity contribution in [3.8, 4) is 6.07 Å². The van der Waals surface area contributed by atoms with Crippen molar-refractivity contribution in [1.29, 1.82) is 5.26 Å². The molecular weight excluding hydrogens is 282 g/mol. The summed E-state index contributed by atoms with van der Waals surface area (Å²) in [7, 11) is 0. The number of benzene rings is 1. The van der Waals surface area contributed by atoms with Gasteiger partial charge in [0.1, 0.15) is 22.8 Å². The topological polar surface area (TPSA) is 105 Å². The first-order valence-corrected chi connectivity index (χ1v) is 6.66. The van der Waals surface area contributed by atoms with Gasteiger partial charge in [0.05, 0.1) is 5.57 Å². The van der Waals surface area contributed by atoms with Crippen LogP contribution >= 0.6 is 0 Å². The van der Waals surface area contributed by atoms with E-state index in [1.165, 1.54) is 6.92 Å². The number of nitrogens with two attached hydrogens (primary N) is 1. The molecule has 0 aromatic heterocycles. The highest BCUT2D eigenvalue weighted by Gasteiger charge is 2.58. The van der Waals surface area contributed by atoms with Crippen molar-refractivity contribution in [1.82, 2.24) is 0 Å². The maximum absolute atomic E-state index is 12.8. The number of fused-ring (bicyclic) bond motifs is 2. The third-order valence-corrected chi connectivity index (χ3v) is 4.00. The summed E-state index contributed by atoms with van der Waals surface area (Å²) >= 11 is 0. The zero-order valence-corrected chi connectivity index (χ0v) is 12.1. The van der Waals surface area contributed by atoms with Crippen LogP contribution in [0.2, 0.25) is 0 Å². The standard InChI is InChI=1S/C16H13N3O3/c1-8(20)13-9(2)22-14(18)11(7-17)16(13)10-5-3-4-6-12(10)19-15(16)21/h3-6H,18H2,1-2H3,(H,19,21)/t16-/m0/s1. The first-order valence-electron chi connectivity index (χ1n) is 6.66. The first kappa shape index (κ1) is 13.9. The number of carbonyl (C=O) groups is 2. The van der Waals surface area contributed by atoms with E-state index in [9.17, 15) is 14.9 Å². The van der Waals surface area contributed by atoms with Crippen molar-refractivity contribution in [2.45, 2.75) is 19.3 Å². The minimum atomic E-state index is -1.54. The van der Waals surface area contributed by atoms with E-state index < -0.39 is 11.3 Å². The number of hydrogen-bond donors (Lipinski definition) is 2. The molecule has 1 spiro atoms. The lowest BCUT2D eigenvalue weighted by Gasteiger charge is -2.33. The number of nitriles is 1. The fourth-order valence-corrected chi connectivity index (χ4v) is 3.25. The van der Waals surface area contributed by atoms with Gasteiger partial charge < -0.3 is 15.8 Å². The van der Waals surface area contributed by atoms with Crippen LogP contribution in [0, 0.1) is 11.3 Å². The largest absolute Gasteiger partial charge is 0.445 e. The van der Waals surface area contributed by atoms with E-state index in [0.717, 1.165) is 0 Å². The van der Waals surface area contributed by atoms with Crippen molar-refractivity contribution < 1.29 is 14.3 Å². The summed E-state index contributed by atoms with van der Waals surface area (Å²) in [6, 6.07) is 8.88. The SMILES string of the molecule is CC(=O)C1=C(C)OC(N)=C(C#N)[C@]12C(=O)Nc1ccccc12. The predicted molar refractivity (Wildman–Crippen MR) is 78.0 cm³/mol. The fourth-order valence-electron chi connectivity index (χ4n) is 3.25. The van der Waals surface area contributed by atoms with Gasteiger partial charge in [-0.15, -0.1) is 0 Å². The molecule has 2 aliphatic heterocycles. The number of anilines is 1. The van der Waals surface area contributed by atoms with Gasteiger partial charge in [-0.3, -0.25) is 9.59 Å². The van der Waals surface area contributed by atoms with Crippen molar-refractivity contribution in [2.75, 3.05) is 5.32 Å². The molecule has 0 saturated heterocycles. The van der Waals surface area contributed by atoms with Crippen LogP contribution in [0.4, 0.5) is 5.69 Å². The van der Waals surface area contributed by atoms with Gasteiger partial charge in [-0.2, -0.15) is 5.26 Å². The van der Waals surface area contributed by atoms with E-state index in [-0.39, 0.29) is 28.6 Å². The van der Waals surface area contributed by atoms with E-state index in [0.29, 0.717) is 11.3 Å². The molecule has 0 saturated carbocycles. The lowest BCUT2D eigenvalue weighted by molar-refractivity contribution is -0.122. The molecule has 22 heavy (non-hydrogen) atoms. The van der Waals surface area contributed by atoms with Crippen molar-refractivity contribution >= 4 is 17.4 Å². The van der Waals surface area contributed by atoms with Crippen molar-refractivity contribution in [3.05, 3.63) is 52.6 Å². The molecule has 1 amide bonds. The summed E-state index contributed by atoms with van der Waals surface area (Å²) in [5, 5.41) is 12.3. The summed E-state index contributed by atoms with van der Waals surface area (Å²) in [6.45, 7) is 2.91. The van der Waals surface area contributed by atoms with Gasteiger partial charge in [-0.05, 0) is 19.9 Å². The average Bonchev–Trinajstić information content (AvgIpc) is 2.72. The molecule has 0 radical (unpaired) electrons. The maximum atomic E-state index is 12.8. The summed E-state index contributed by atoms with van der Waals surface area (Å²) in [4.78, 5) is 25.0.